The van der Waals surface area contributed by atoms with E-state index in [2.05, 4.69) is 4.98 Å². The van der Waals surface area contributed by atoms with E-state index in [1.54, 1.807) is 16.6 Å². The molecule has 1 aliphatic heterocycles. The number of hydrogen-bond acceptors (Lipinski definition) is 4. The van der Waals surface area contributed by atoms with E-state index < -0.39 is 10.0 Å². The summed E-state index contributed by atoms with van der Waals surface area (Å²) in [4.78, 5) is 4.66. The first-order chi connectivity index (χ1) is 11.9. The first-order valence-corrected chi connectivity index (χ1v) is 9.97. The Balaban J connectivity index is 1.67. The molecule has 0 unspecified atom stereocenters. The number of pyridine rings is 1. The summed E-state index contributed by atoms with van der Waals surface area (Å²) >= 11 is 0. The van der Waals surface area contributed by atoms with Gasteiger partial charge in [0.25, 0.3) is 0 Å². The molecule has 1 aromatic heterocycles. The van der Waals surface area contributed by atoms with Crippen LogP contribution < -0.4 is 4.74 Å². The molecular weight excluding hydrogens is 336 g/mol. The predicted molar refractivity (Wildman–Crippen MR) is 97.3 cm³/mol. The standard InChI is InChI=1S/C19H24N2O3S/c1-14-4-6-16(3)18(12-14)25(22,23)21-10-8-17(9-11-21)24-19-7-5-15(2)13-20-19/h4-7,12-13,17H,8-11H2,1-3H3. The highest BCUT2D eigenvalue weighted by Gasteiger charge is 2.31. The minimum Gasteiger partial charge on any atom is -0.474 e. The fraction of sp³-hybridized carbons (Fsp3) is 0.421. The first-order valence-electron chi connectivity index (χ1n) is 8.53. The van der Waals surface area contributed by atoms with Gasteiger partial charge in [-0.05, 0) is 56.4 Å². The molecule has 1 saturated heterocycles. The topological polar surface area (TPSA) is 59.5 Å². The van der Waals surface area contributed by atoms with Gasteiger partial charge >= 0.3 is 0 Å². The number of aryl methyl sites for hydroxylation is 3. The SMILES string of the molecule is Cc1ccc(OC2CCN(S(=O)(=O)c3cc(C)ccc3C)CC2)nc1. The van der Waals surface area contributed by atoms with Crippen molar-refractivity contribution >= 4 is 10.0 Å². The fourth-order valence-electron chi connectivity index (χ4n) is 3.01. The maximum Gasteiger partial charge on any atom is 0.243 e. The molecule has 1 aliphatic rings. The maximum absolute atomic E-state index is 12.9. The zero-order valence-electron chi connectivity index (χ0n) is 14.9. The number of aromatic nitrogens is 1. The first kappa shape index (κ1) is 17.9. The number of hydrogen-bond donors (Lipinski definition) is 0. The van der Waals surface area contributed by atoms with E-state index in [9.17, 15) is 8.42 Å². The summed E-state index contributed by atoms with van der Waals surface area (Å²) < 4.78 is 33.3. The lowest BCUT2D eigenvalue weighted by molar-refractivity contribution is 0.130. The average Bonchev–Trinajstić information content (AvgIpc) is 2.59. The molecule has 0 saturated carbocycles. The van der Waals surface area contributed by atoms with Crippen LogP contribution in [0.15, 0.2) is 41.4 Å². The summed E-state index contributed by atoms with van der Waals surface area (Å²) in [6, 6.07) is 9.37. The van der Waals surface area contributed by atoms with Gasteiger partial charge in [0.05, 0.1) is 4.90 Å². The Bertz CT molecular complexity index is 839. The van der Waals surface area contributed by atoms with Crippen LogP contribution in [0.1, 0.15) is 29.5 Å². The van der Waals surface area contributed by atoms with Crippen LogP contribution >= 0.6 is 0 Å². The van der Waals surface area contributed by atoms with Gasteiger partial charge < -0.3 is 4.74 Å². The molecule has 134 valence electrons. The normalized spacial score (nSPS) is 16.8. The Labute approximate surface area is 149 Å². The Morgan fingerprint density at radius 1 is 1.04 bits per heavy atom. The van der Waals surface area contributed by atoms with Crippen LogP contribution in [0.3, 0.4) is 0 Å². The van der Waals surface area contributed by atoms with Crippen molar-refractivity contribution in [3.05, 3.63) is 53.2 Å². The second kappa shape index (κ2) is 7.14. The lowest BCUT2D eigenvalue weighted by atomic mass is 10.1. The smallest absolute Gasteiger partial charge is 0.243 e. The molecule has 3 rings (SSSR count). The Morgan fingerprint density at radius 3 is 2.36 bits per heavy atom. The van der Waals surface area contributed by atoms with E-state index >= 15 is 0 Å². The molecule has 2 heterocycles. The number of ether oxygens (including phenoxy) is 1. The predicted octanol–water partition coefficient (Wildman–Crippen LogP) is 3.24. The Kier molecular flexibility index (Phi) is 5.11. The third kappa shape index (κ3) is 4.02. The van der Waals surface area contributed by atoms with Crippen LogP contribution in [0.25, 0.3) is 0 Å². The summed E-state index contributed by atoms with van der Waals surface area (Å²) in [5.41, 5.74) is 2.82. The van der Waals surface area contributed by atoms with Crippen molar-refractivity contribution in [2.24, 2.45) is 0 Å². The molecule has 0 amide bonds. The van der Waals surface area contributed by atoms with Gasteiger partial charge in [-0.1, -0.05) is 18.2 Å². The Morgan fingerprint density at radius 2 is 1.72 bits per heavy atom. The number of nitrogens with zero attached hydrogens (tertiary/aromatic N) is 2. The largest absolute Gasteiger partial charge is 0.474 e. The molecule has 0 spiro atoms. The monoisotopic (exact) mass is 360 g/mol. The van der Waals surface area contributed by atoms with Crippen LogP contribution in [-0.2, 0) is 10.0 Å². The molecule has 2 aromatic rings. The molecule has 0 radical (unpaired) electrons. The third-order valence-electron chi connectivity index (χ3n) is 4.53. The lowest BCUT2D eigenvalue weighted by Crippen LogP contribution is -2.42. The van der Waals surface area contributed by atoms with Crippen LogP contribution in [0.5, 0.6) is 5.88 Å². The van der Waals surface area contributed by atoms with E-state index in [1.807, 2.05) is 45.0 Å². The Hall–Kier alpha value is -1.92. The molecule has 0 atom stereocenters. The van der Waals surface area contributed by atoms with Gasteiger partial charge in [0.15, 0.2) is 0 Å². The number of sulfonamides is 1. The molecule has 0 bridgehead atoms. The van der Waals surface area contributed by atoms with Crippen molar-refractivity contribution in [1.82, 2.24) is 9.29 Å². The van der Waals surface area contributed by atoms with Crippen molar-refractivity contribution in [2.45, 2.75) is 44.6 Å². The summed E-state index contributed by atoms with van der Waals surface area (Å²) in [7, 11) is -3.45. The van der Waals surface area contributed by atoms with Crippen molar-refractivity contribution in [3.63, 3.8) is 0 Å². The van der Waals surface area contributed by atoms with E-state index in [1.165, 1.54) is 0 Å². The average molecular weight is 360 g/mol. The summed E-state index contributed by atoms with van der Waals surface area (Å²) in [6.45, 7) is 6.66. The van der Waals surface area contributed by atoms with E-state index in [4.69, 9.17) is 4.74 Å². The van der Waals surface area contributed by atoms with Gasteiger partial charge in [-0.15, -0.1) is 0 Å². The van der Waals surface area contributed by atoms with Crippen molar-refractivity contribution < 1.29 is 13.2 Å². The second-order valence-corrected chi connectivity index (χ2v) is 8.57. The molecule has 1 aromatic carbocycles. The number of piperidine rings is 1. The summed E-state index contributed by atoms with van der Waals surface area (Å²) in [5, 5.41) is 0. The minimum absolute atomic E-state index is 0.000243. The van der Waals surface area contributed by atoms with E-state index in [0.29, 0.717) is 36.7 Å². The highest BCUT2D eigenvalue weighted by molar-refractivity contribution is 7.89. The second-order valence-electron chi connectivity index (χ2n) is 6.66. The van der Waals surface area contributed by atoms with Crippen molar-refractivity contribution in [1.29, 1.82) is 0 Å². The summed E-state index contributed by atoms with van der Waals surface area (Å²) in [6.07, 6.45) is 3.11. The molecule has 0 aliphatic carbocycles. The van der Waals surface area contributed by atoms with Crippen molar-refractivity contribution in [3.8, 4) is 5.88 Å². The zero-order chi connectivity index (χ0) is 18.0. The van der Waals surface area contributed by atoms with Gasteiger partial charge in [0, 0.05) is 25.4 Å². The molecule has 0 N–H and O–H groups in total. The number of rotatable bonds is 4. The van der Waals surface area contributed by atoms with Gasteiger partial charge in [-0.3, -0.25) is 0 Å². The van der Waals surface area contributed by atoms with Gasteiger partial charge in [-0.25, -0.2) is 13.4 Å². The zero-order valence-corrected chi connectivity index (χ0v) is 15.7. The quantitative estimate of drug-likeness (QED) is 0.840. The lowest BCUT2D eigenvalue weighted by Gasteiger charge is -2.31. The highest BCUT2D eigenvalue weighted by atomic mass is 32.2. The van der Waals surface area contributed by atoms with Gasteiger partial charge in [0.1, 0.15) is 6.10 Å². The molecule has 25 heavy (non-hydrogen) atoms. The van der Waals surface area contributed by atoms with E-state index in [-0.39, 0.29) is 6.10 Å². The summed E-state index contributed by atoms with van der Waals surface area (Å²) in [5.74, 6) is 0.599. The maximum atomic E-state index is 12.9. The van der Waals surface area contributed by atoms with E-state index in [0.717, 1.165) is 16.7 Å². The molecule has 6 heteroatoms. The van der Waals surface area contributed by atoms with Crippen molar-refractivity contribution in [2.75, 3.05) is 13.1 Å². The van der Waals surface area contributed by atoms with Crippen LogP contribution in [0, 0.1) is 20.8 Å². The minimum atomic E-state index is -3.45. The third-order valence-corrected chi connectivity index (χ3v) is 6.57. The van der Waals surface area contributed by atoms with Gasteiger partial charge in [-0.2, -0.15) is 4.31 Å². The van der Waals surface area contributed by atoms with Gasteiger partial charge in [0.2, 0.25) is 15.9 Å². The molecular formula is C19H24N2O3S. The molecule has 1 fully saturated rings. The highest BCUT2D eigenvalue weighted by Crippen LogP contribution is 2.25. The molecule has 5 nitrogen and oxygen atoms in total. The van der Waals surface area contributed by atoms with Crippen LogP contribution in [-0.4, -0.2) is 36.9 Å². The van der Waals surface area contributed by atoms with Crippen LogP contribution in [0.4, 0.5) is 0 Å². The fourth-order valence-corrected chi connectivity index (χ4v) is 4.79. The number of benzene rings is 1. The van der Waals surface area contributed by atoms with Crippen LogP contribution in [0.2, 0.25) is 0 Å².